The van der Waals surface area contributed by atoms with E-state index in [0.29, 0.717) is 12.1 Å². The maximum atomic E-state index is 6.44. The van der Waals surface area contributed by atoms with Crippen molar-refractivity contribution in [3.05, 3.63) is 20.8 Å². The standard InChI is InChI=1S/C15H26BrN3S/c1-4-12(17)15(13-6-7-14(16)20-13)19-9-8-18(5-2)11(3)10-19/h6-7,11-12,15H,4-5,8-10,17H2,1-3H3. The van der Waals surface area contributed by atoms with Crippen LogP contribution in [-0.2, 0) is 0 Å². The molecule has 1 aromatic heterocycles. The maximum Gasteiger partial charge on any atom is 0.0702 e. The summed E-state index contributed by atoms with van der Waals surface area (Å²) in [7, 11) is 0. The van der Waals surface area contributed by atoms with Crippen LogP contribution in [0.15, 0.2) is 15.9 Å². The average Bonchev–Trinajstić information content (AvgIpc) is 2.85. The third-order valence-electron chi connectivity index (χ3n) is 4.36. The highest BCUT2D eigenvalue weighted by Gasteiger charge is 2.32. The number of nitrogens with zero attached hydrogens (tertiary/aromatic N) is 2. The molecule has 0 bridgehead atoms. The summed E-state index contributed by atoms with van der Waals surface area (Å²) >= 11 is 5.40. The van der Waals surface area contributed by atoms with Crippen LogP contribution < -0.4 is 5.73 Å². The maximum absolute atomic E-state index is 6.44. The van der Waals surface area contributed by atoms with E-state index in [4.69, 9.17) is 5.73 Å². The first-order chi connectivity index (χ1) is 9.56. The number of hydrogen-bond acceptors (Lipinski definition) is 4. The van der Waals surface area contributed by atoms with E-state index >= 15 is 0 Å². The first-order valence-corrected chi connectivity index (χ1v) is 9.16. The van der Waals surface area contributed by atoms with Gasteiger partial charge in [-0.1, -0.05) is 13.8 Å². The normalized spacial score (nSPS) is 24.8. The fraction of sp³-hybridized carbons (Fsp3) is 0.733. The van der Waals surface area contributed by atoms with Crippen LogP contribution >= 0.6 is 27.3 Å². The van der Waals surface area contributed by atoms with Crippen LogP contribution in [0.1, 0.15) is 38.1 Å². The Balaban J connectivity index is 2.16. The van der Waals surface area contributed by atoms with Gasteiger partial charge in [0.1, 0.15) is 0 Å². The third kappa shape index (κ3) is 3.63. The van der Waals surface area contributed by atoms with E-state index in [2.05, 4.69) is 58.6 Å². The molecule has 0 saturated carbocycles. The number of thiophene rings is 1. The second-order valence-corrected chi connectivity index (χ2v) is 8.13. The van der Waals surface area contributed by atoms with Gasteiger partial charge in [-0.05, 0) is 48.0 Å². The van der Waals surface area contributed by atoms with E-state index < -0.39 is 0 Å². The van der Waals surface area contributed by atoms with Crippen molar-refractivity contribution >= 4 is 27.3 Å². The van der Waals surface area contributed by atoms with E-state index in [0.717, 1.165) is 32.6 Å². The van der Waals surface area contributed by atoms with Crippen molar-refractivity contribution in [3.8, 4) is 0 Å². The van der Waals surface area contributed by atoms with Gasteiger partial charge in [-0.15, -0.1) is 11.3 Å². The quantitative estimate of drug-likeness (QED) is 0.874. The molecule has 0 spiro atoms. The minimum absolute atomic E-state index is 0.209. The molecule has 3 atom stereocenters. The monoisotopic (exact) mass is 359 g/mol. The lowest BCUT2D eigenvalue weighted by Gasteiger charge is -2.44. The molecular weight excluding hydrogens is 334 g/mol. The van der Waals surface area contributed by atoms with Gasteiger partial charge in [-0.3, -0.25) is 9.80 Å². The summed E-state index contributed by atoms with van der Waals surface area (Å²) in [6.07, 6.45) is 1.02. The Morgan fingerprint density at radius 2 is 2.15 bits per heavy atom. The van der Waals surface area contributed by atoms with Crippen LogP contribution in [0.2, 0.25) is 0 Å². The van der Waals surface area contributed by atoms with Crippen molar-refractivity contribution in [2.24, 2.45) is 5.73 Å². The topological polar surface area (TPSA) is 32.5 Å². The van der Waals surface area contributed by atoms with Crippen LogP contribution in [0.25, 0.3) is 0 Å². The molecule has 1 fully saturated rings. The Bertz CT molecular complexity index is 423. The van der Waals surface area contributed by atoms with E-state index in [-0.39, 0.29) is 6.04 Å². The van der Waals surface area contributed by atoms with Crippen LogP contribution in [0.5, 0.6) is 0 Å². The number of hydrogen-bond donors (Lipinski definition) is 1. The third-order valence-corrected chi connectivity index (χ3v) is 6.05. The SMILES string of the molecule is CCC(N)C(c1ccc(Br)s1)N1CCN(CC)C(C)C1. The summed E-state index contributed by atoms with van der Waals surface area (Å²) in [4.78, 5) is 6.53. The Hall–Kier alpha value is 0.0600. The fourth-order valence-corrected chi connectivity index (χ4v) is 4.75. The molecule has 1 aromatic rings. The molecule has 2 heterocycles. The summed E-state index contributed by atoms with van der Waals surface area (Å²) in [6.45, 7) is 11.3. The van der Waals surface area contributed by atoms with Crippen molar-refractivity contribution in [1.82, 2.24) is 9.80 Å². The molecule has 0 radical (unpaired) electrons. The number of piperazine rings is 1. The number of nitrogens with two attached hydrogens (primary N) is 1. The lowest BCUT2D eigenvalue weighted by atomic mass is 10.0. The van der Waals surface area contributed by atoms with Gasteiger partial charge < -0.3 is 5.73 Å². The number of halogens is 1. The minimum Gasteiger partial charge on any atom is -0.326 e. The molecule has 1 saturated heterocycles. The number of rotatable bonds is 5. The summed E-state index contributed by atoms with van der Waals surface area (Å²) < 4.78 is 1.20. The highest BCUT2D eigenvalue weighted by atomic mass is 79.9. The fourth-order valence-electron chi connectivity index (χ4n) is 3.12. The summed E-state index contributed by atoms with van der Waals surface area (Å²) in [5.41, 5.74) is 6.44. The van der Waals surface area contributed by atoms with Crippen LogP contribution in [0.4, 0.5) is 0 Å². The summed E-state index contributed by atoms with van der Waals surface area (Å²) in [6, 6.07) is 5.55. The van der Waals surface area contributed by atoms with E-state index in [1.54, 1.807) is 0 Å². The Morgan fingerprint density at radius 1 is 1.40 bits per heavy atom. The molecule has 0 amide bonds. The lowest BCUT2D eigenvalue weighted by molar-refractivity contribution is 0.0504. The lowest BCUT2D eigenvalue weighted by Crippen LogP contribution is -2.55. The zero-order valence-electron chi connectivity index (χ0n) is 12.7. The van der Waals surface area contributed by atoms with Gasteiger partial charge in [0.15, 0.2) is 0 Å². The van der Waals surface area contributed by atoms with Gasteiger partial charge in [0.2, 0.25) is 0 Å². The Kier molecular flexibility index (Phi) is 6.05. The van der Waals surface area contributed by atoms with Crippen molar-refractivity contribution in [2.75, 3.05) is 26.2 Å². The molecule has 0 aromatic carbocycles. The van der Waals surface area contributed by atoms with Crippen molar-refractivity contribution in [3.63, 3.8) is 0 Å². The van der Waals surface area contributed by atoms with Gasteiger partial charge in [0.05, 0.1) is 9.83 Å². The van der Waals surface area contributed by atoms with Gasteiger partial charge in [-0.25, -0.2) is 0 Å². The molecule has 3 nitrogen and oxygen atoms in total. The van der Waals surface area contributed by atoms with Gasteiger partial charge in [0, 0.05) is 36.6 Å². The Morgan fingerprint density at radius 3 is 2.65 bits per heavy atom. The molecule has 2 rings (SSSR count). The molecule has 2 N–H and O–H groups in total. The summed E-state index contributed by atoms with van der Waals surface area (Å²) in [5.74, 6) is 0. The van der Waals surface area contributed by atoms with E-state index in [9.17, 15) is 0 Å². The van der Waals surface area contributed by atoms with Gasteiger partial charge >= 0.3 is 0 Å². The van der Waals surface area contributed by atoms with Gasteiger partial charge in [0.25, 0.3) is 0 Å². The first kappa shape index (κ1) is 16.4. The molecule has 1 aliphatic rings. The minimum atomic E-state index is 0.209. The zero-order chi connectivity index (χ0) is 14.7. The molecule has 1 aliphatic heterocycles. The smallest absolute Gasteiger partial charge is 0.0702 e. The van der Waals surface area contributed by atoms with Gasteiger partial charge in [-0.2, -0.15) is 0 Å². The number of likely N-dealkylation sites (N-methyl/N-ethyl adjacent to an activating group) is 1. The Labute approximate surface area is 135 Å². The molecule has 114 valence electrons. The molecule has 20 heavy (non-hydrogen) atoms. The average molecular weight is 360 g/mol. The summed E-state index contributed by atoms with van der Waals surface area (Å²) in [5, 5.41) is 0. The van der Waals surface area contributed by atoms with Crippen LogP contribution in [0, 0.1) is 0 Å². The first-order valence-electron chi connectivity index (χ1n) is 7.55. The largest absolute Gasteiger partial charge is 0.326 e. The van der Waals surface area contributed by atoms with Crippen molar-refractivity contribution in [1.29, 1.82) is 0 Å². The molecule has 0 aliphatic carbocycles. The zero-order valence-corrected chi connectivity index (χ0v) is 15.1. The second kappa shape index (κ2) is 7.36. The molecule has 3 unspecified atom stereocenters. The van der Waals surface area contributed by atoms with Crippen LogP contribution in [0.3, 0.4) is 0 Å². The highest BCUT2D eigenvalue weighted by molar-refractivity contribution is 9.11. The van der Waals surface area contributed by atoms with Crippen LogP contribution in [-0.4, -0.2) is 48.1 Å². The predicted octanol–water partition coefficient (Wildman–Crippen LogP) is 3.32. The van der Waals surface area contributed by atoms with E-state index in [1.165, 1.54) is 8.66 Å². The van der Waals surface area contributed by atoms with E-state index in [1.807, 2.05) is 11.3 Å². The second-order valence-electron chi connectivity index (χ2n) is 5.63. The molecular formula is C15H26BrN3S. The van der Waals surface area contributed by atoms with Crippen molar-refractivity contribution < 1.29 is 0 Å². The predicted molar refractivity (Wildman–Crippen MR) is 91.3 cm³/mol. The molecule has 5 heteroatoms. The van der Waals surface area contributed by atoms with Crippen molar-refractivity contribution in [2.45, 2.75) is 45.3 Å². The highest BCUT2D eigenvalue weighted by Crippen LogP contribution is 2.34.